The molecule has 0 saturated carbocycles. The average Bonchev–Trinajstić information content (AvgIpc) is 2.60. The van der Waals surface area contributed by atoms with E-state index in [0.29, 0.717) is 31.2 Å². The summed E-state index contributed by atoms with van der Waals surface area (Å²) in [4.78, 5) is 32.7. The Bertz CT molecular complexity index is 799. The van der Waals surface area contributed by atoms with E-state index in [2.05, 4.69) is 9.97 Å². The first-order chi connectivity index (χ1) is 11.6. The molecule has 6 heteroatoms. The van der Waals surface area contributed by atoms with Gasteiger partial charge >= 0.3 is 0 Å². The number of H-pyrrole nitrogens is 1. The third kappa shape index (κ3) is 3.97. The second-order valence-corrected chi connectivity index (χ2v) is 5.66. The van der Waals surface area contributed by atoms with Crippen LogP contribution >= 0.6 is 0 Å². The van der Waals surface area contributed by atoms with Crippen LogP contribution < -0.4 is 5.56 Å². The summed E-state index contributed by atoms with van der Waals surface area (Å²) in [6.45, 7) is 3.05. The minimum absolute atomic E-state index is 0.0813. The summed E-state index contributed by atoms with van der Waals surface area (Å²) in [6.07, 6.45) is 2.93. The molecule has 1 aliphatic heterocycles. The van der Waals surface area contributed by atoms with Crippen LogP contribution in [0.2, 0.25) is 0 Å². The van der Waals surface area contributed by atoms with Crippen LogP contribution in [0.3, 0.4) is 0 Å². The number of carbonyl (C=O) groups excluding carboxylic acids is 1. The van der Waals surface area contributed by atoms with Gasteiger partial charge in [-0.3, -0.25) is 9.59 Å². The molecule has 0 unspecified atom stereocenters. The summed E-state index contributed by atoms with van der Waals surface area (Å²) in [5, 5.41) is 0. The zero-order valence-electron chi connectivity index (χ0n) is 13.4. The number of nitrogens with one attached hydrogen (secondary N) is 1. The minimum Gasteiger partial charge on any atom is -0.367 e. The van der Waals surface area contributed by atoms with E-state index in [-0.39, 0.29) is 11.5 Å². The molecule has 0 bridgehead atoms. The number of ether oxygens (including phenoxy) is 1. The van der Waals surface area contributed by atoms with E-state index in [9.17, 15) is 9.59 Å². The van der Waals surface area contributed by atoms with Gasteiger partial charge in [0.05, 0.1) is 13.2 Å². The lowest BCUT2D eigenvalue weighted by atomic mass is 10.2. The number of carbonyl (C=O) groups is 1. The van der Waals surface area contributed by atoms with Gasteiger partial charge in [0.25, 0.3) is 5.56 Å². The highest BCUT2D eigenvalue weighted by atomic mass is 16.5. The smallest absolute Gasteiger partial charge is 0.251 e. The maximum Gasteiger partial charge on any atom is 0.251 e. The number of hydrogen-bond acceptors (Lipinski definition) is 4. The number of aromatic nitrogens is 2. The molecule has 1 fully saturated rings. The fourth-order valence-electron chi connectivity index (χ4n) is 2.61. The van der Waals surface area contributed by atoms with Gasteiger partial charge in [0, 0.05) is 24.4 Å². The van der Waals surface area contributed by atoms with Crippen molar-refractivity contribution in [3.05, 3.63) is 69.9 Å². The largest absolute Gasteiger partial charge is 0.367 e. The van der Waals surface area contributed by atoms with Crippen molar-refractivity contribution in [3.8, 4) is 0 Å². The Hall–Kier alpha value is -2.73. The zero-order valence-corrected chi connectivity index (χ0v) is 13.4. The van der Waals surface area contributed by atoms with E-state index in [1.165, 1.54) is 6.07 Å². The van der Waals surface area contributed by atoms with E-state index >= 15 is 0 Å². The van der Waals surface area contributed by atoms with Crippen LogP contribution in [-0.4, -0.2) is 40.5 Å². The van der Waals surface area contributed by atoms with E-state index in [1.807, 2.05) is 30.3 Å². The molecule has 1 aromatic heterocycles. The molecule has 1 aliphatic rings. The predicted octanol–water partition coefficient (Wildman–Crippen LogP) is 1.69. The van der Waals surface area contributed by atoms with E-state index in [0.717, 1.165) is 5.56 Å². The Balaban J connectivity index is 1.70. The van der Waals surface area contributed by atoms with Crippen LogP contribution in [0.4, 0.5) is 0 Å². The highest BCUT2D eigenvalue weighted by Gasteiger charge is 2.26. The third-order valence-corrected chi connectivity index (χ3v) is 3.79. The standard InChI is InChI=1S/C18H19N3O3/c1-13-11-16(22)20-18(19-13)15-12-21(9-10-24-15)17(23)8-7-14-5-3-2-4-6-14/h2-8,11,15H,9-10,12H2,1H3,(H,19,20,22)/b8-7+/t15-/m0/s1. The van der Waals surface area contributed by atoms with Gasteiger partial charge in [0.1, 0.15) is 11.9 Å². The zero-order chi connectivity index (χ0) is 16.9. The highest BCUT2D eigenvalue weighted by molar-refractivity contribution is 5.91. The van der Waals surface area contributed by atoms with Crippen molar-refractivity contribution < 1.29 is 9.53 Å². The maximum absolute atomic E-state index is 12.4. The van der Waals surface area contributed by atoms with Crippen molar-refractivity contribution in [2.24, 2.45) is 0 Å². The number of nitrogens with zero attached hydrogens (tertiary/aromatic N) is 2. The fourth-order valence-corrected chi connectivity index (χ4v) is 2.61. The van der Waals surface area contributed by atoms with Crippen molar-refractivity contribution in [2.75, 3.05) is 19.7 Å². The topological polar surface area (TPSA) is 75.3 Å². The van der Waals surface area contributed by atoms with Crippen LogP contribution in [0.1, 0.15) is 23.2 Å². The second kappa shape index (κ2) is 7.23. The van der Waals surface area contributed by atoms with Crippen LogP contribution in [0, 0.1) is 6.92 Å². The number of hydrogen-bond donors (Lipinski definition) is 1. The lowest BCUT2D eigenvalue weighted by molar-refractivity contribution is -0.134. The number of morpholine rings is 1. The first-order valence-corrected chi connectivity index (χ1v) is 7.83. The van der Waals surface area contributed by atoms with Crippen molar-refractivity contribution in [3.63, 3.8) is 0 Å². The van der Waals surface area contributed by atoms with Gasteiger partial charge in [-0.2, -0.15) is 0 Å². The average molecular weight is 325 g/mol. The van der Waals surface area contributed by atoms with Gasteiger partial charge in [0.15, 0.2) is 0 Å². The molecule has 0 radical (unpaired) electrons. The molecule has 1 aromatic carbocycles. The Kier molecular flexibility index (Phi) is 4.86. The SMILES string of the molecule is Cc1cc(=O)[nH]c([C@@H]2CN(C(=O)/C=C/c3ccccc3)CCO2)n1. The molecule has 1 amide bonds. The Labute approximate surface area is 139 Å². The predicted molar refractivity (Wildman–Crippen MR) is 90.3 cm³/mol. The summed E-state index contributed by atoms with van der Waals surface area (Å²) in [6, 6.07) is 11.1. The molecule has 0 aliphatic carbocycles. The molecule has 1 N–H and O–H groups in total. The molecule has 1 saturated heterocycles. The Morgan fingerprint density at radius 3 is 2.92 bits per heavy atom. The first-order valence-electron chi connectivity index (χ1n) is 7.83. The molecular formula is C18H19N3O3. The van der Waals surface area contributed by atoms with Crippen molar-refractivity contribution >= 4 is 12.0 Å². The van der Waals surface area contributed by atoms with Crippen LogP contribution in [0.15, 0.2) is 47.3 Å². The number of amides is 1. The summed E-state index contributed by atoms with van der Waals surface area (Å²) < 4.78 is 5.67. The van der Waals surface area contributed by atoms with Gasteiger partial charge in [-0.1, -0.05) is 30.3 Å². The van der Waals surface area contributed by atoms with Crippen molar-refractivity contribution in [1.29, 1.82) is 0 Å². The molecular weight excluding hydrogens is 306 g/mol. The van der Waals surface area contributed by atoms with E-state index in [1.54, 1.807) is 24.0 Å². The third-order valence-electron chi connectivity index (χ3n) is 3.79. The van der Waals surface area contributed by atoms with Crippen LogP contribution in [-0.2, 0) is 9.53 Å². The van der Waals surface area contributed by atoms with Crippen molar-refractivity contribution in [1.82, 2.24) is 14.9 Å². The monoisotopic (exact) mass is 325 g/mol. The second-order valence-electron chi connectivity index (χ2n) is 5.66. The molecule has 1 atom stereocenters. The number of benzene rings is 1. The summed E-state index contributed by atoms with van der Waals surface area (Å²) in [5.41, 5.74) is 1.39. The van der Waals surface area contributed by atoms with E-state index in [4.69, 9.17) is 4.74 Å². The molecule has 6 nitrogen and oxygen atoms in total. The molecule has 24 heavy (non-hydrogen) atoms. The number of rotatable bonds is 3. The van der Waals surface area contributed by atoms with Crippen LogP contribution in [0.5, 0.6) is 0 Å². The van der Waals surface area contributed by atoms with E-state index < -0.39 is 6.10 Å². The summed E-state index contributed by atoms with van der Waals surface area (Å²) in [7, 11) is 0. The van der Waals surface area contributed by atoms with Gasteiger partial charge < -0.3 is 14.6 Å². The van der Waals surface area contributed by atoms with Gasteiger partial charge in [-0.05, 0) is 18.6 Å². The Morgan fingerprint density at radius 1 is 1.38 bits per heavy atom. The Morgan fingerprint density at radius 2 is 2.17 bits per heavy atom. The van der Waals surface area contributed by atoms with Gasteiger partial charge in [0.2, 0.25) is 5.91 Å². The molecule has 3 rings (SSSR count). The summed E-state index contributed by atoms with van der Waals surface area (Å²) in [5.74, 6) is 0.381. The highest BCUT2D eigenvalue weighted by Crippen LogP contribution is 2.19. The number of aryl methyl sites for hydroxylation is 1. The molecule has 0 spiro atoms. The van der Waals surface area contributed by atoms with Gasteiger partial charge in [-0.15, -0.1) is 0 Å². The number of aromatic amines is 1. The quantitative estimate of drug-likeness (QED) is 0.872. The minimum atomic E-state index is -0.416. The van der Waals surface area contributed by atoms with Crippen LogP contribution in [0.25, 0.3) is 6.08 Å². The molecule has 124 valence electrons. The lowest BCUT2D eigenvalue weighted by Gasteiger charge is -2.31. The lowest BCUT2D eigenvalue weighted by Crippen LogP contribution is -2.42. The normalized spacial score (nSPS) is 18.0. The van der Waals surface area contributed by atoms with Crippen molar-refractivity contribution in [2.45, 2.75) is 13.0 Å². The fraction of sp³-hybridized carbons (Fsp3) is 0.278. The molecule has 2 heterocycles. The first kappa shape index (κ1) is 16.1. The maximum atomic E-state index is 12.4. The summed E-state index contributed by atoms with van der Waals surface area (Å²) >= 11 is 0. The van der Waals surface area contributed by atoms with Gasteiger partial charge in [-0.25, -0.2) is 4.98 Å². The molecule has 2 aromatic rings.